The van der Waals surface area contributed by atoms with Gasteiger partial charge in [-0.1, -0.05) is 49.6 Å². The third kappa shape index (κ3) is 5.08. The Morgan fingerprint density at radius 2 is 1.68 bits per heavy atom. The largest absolute Gasteiger partial charge is 0.387 e. The number of anilines is 3. The molecule has 0 aliphatic rings. The summed E-state index contributed by atoms with van der Waals surface area (Å²) in [5.74, 6) is 0.0429. The van der Waals surface area contributed by atoms with Crippen LogP contribution in [0.3, 0.4) is 0 Å². The lowest BCUT2D eigenvalue weighted by Gasteiger charge is -2.17. The number of nitrogens with zero attached hydrogens (tertiary/aromatic N) is 3. The zero-order valence-corrected chi connectivity index (χ0v) is 21.2. The number of allylic oxidation sites excluding steroid dienone is 1. The van der Waals surface area contributed by atoms with Crippen LogP contribution in [0, 0.1) is 5.82 Å². The molecule has 6 nitrogen and oxygen atoms in total. The topological polar surface area (TPSA) is 74.8 Å². The Bertz CT molecular complexity index is 1660. The lowest BCUT2D eigenvalue weighted by atomic mass is 9.93. The minimum atomic E-state index is -0.359. The highest BCUT2D eigenvalue weighted by molar-refractivity contribution is 6.07. The van der Waals surface area contributed by atoms with Crippen molar-refractivity contribution < 1.29 is 4.39 Å². The van der Waals surface area contributed by atoms with Crippen molar-refractivity contribution in [3.63, 3.8) is 0 Å². The van der Waals surface area contributed by atoms with Crippen LogP contribution in [0.25, 0.3) is 38.9 Å². The first-order valence-electron chi connectivity index (χ1n) is 12.1. The Kier molecular flexibility index (Phi) is 6.82. The second-order valence-corrected chi connectivity index (χ2v) is 8.91. The molecule has 7 heteroatoms. The summed E-state index contributed by atoms with van der Waals surface area (Å²) in [5.41, 5.74) is 9.16. The summed E-state index contributed by atoms with van der Waals surface area (Å²) in [6.07, 6.45) is 4.82. The van der Waals surface area contributed by atoms with Crippen molar-refractivity contribution in [1.82, 2.24) is 15.0 Å². The Hall–Kier alpha value is -5.04. The van der Waals surface area contributed by atoms with Crippen molar-refractivity contribution in [3.8, 4) is 22.3 Å². The first-order valence-corrected chi connectivity index (χ1v) is 12.1. The maximum absolute atomic E-state index is 13.5. The molecule has 0 bridgehead atoms. The predicted molar refractivity (Wildman–Crippen MR) is 155 cm³/mol. The molecule has 2 aromatic heterocycles. The molecular weight excluding hydrogens is 475 g/mol. The van der Waals surface area contributed by atoms with Crippen LogP contribution in [0.1, 0.15) is 12.5 Å². The van der Waals surface area contributed by atoms with E-state index in [1.807, 2.05) is 56.6 Å². The molecule has 0 atom stereocenters. The number of aromatic nitrogens is 3. The van der Waals surface area contributed by atoms with Gasteiger partial charge >= 0.3 is 0 Å². The van der Waals surface area contributed by atoms with Crippen molar-refractivity contribution in [2.45, 2.75) is 6.92 Å². The summed E-state index contributed by atoms with van der Waals surface area (Å²) < 4.78 is 13.5. The second kappa shape index (κ2) is 10.5. The minimum Gasteiger partial charge on any atom is -0.387 e. The van der Waals surface area contributed by atoms with E-state index in [2.05, 4.69) is 62.3 Å². The van der Waals surface area contributed by atoms with Crippen molar-refractivity contribution in [1.29, 1.82) is 0 Å². The maximum atomic E-state index is 13.5. The summed E-state index contributed by atoms with van der Waals surface area (Å²) >= 11 is 0. The van der Waals surface area contributed by atoms with Crippen LogP contribution in [0.15, 0.2) is 104 Å². The van der Waals surface area contributed by atoms with Gasteiger partial charge in [-0.2, -0.15) is 0 Å². The van der Waals surface area contributed by atoms with E-state index in [4.69, 9.17) is 0 Å². The highest BCUT2D eigenvalue weighted by atomic mass is 19.1. The van der Waals surface area contributed by atoms with E-state index in [0.717, 1.165) is 55.8 Å². The molecule has 0 aliphatic carbocycles. The number of rotatable bonds is 8. The van der Waals surface area contributed by atoms with Crippen molar-refractivity contribution in [3.05, 3.63) is 116 Å². The fraction of sp³-hybridized carbons (Fsp3) is 0.0645. The van der Waals surface area contributed by atoms with Crippen molar-refractivity contribution >= 4 is 33.8 Å². The van der Waals surface area contributed by atoms with Crippen molar-refractivity contribution in [2.24, 2.45) is 0 Å². The summed E-state index contributed by atoms with van der Waals surface area (Å²) in [4.78, 5) is 13.1. The molecule has 0 radical (unpaired) electrons. The van der Waals surface area contributed by atoms with Crippen LogP contribution in [-0.4, -0.2) is 22.0 Å². The second-order valence-electron chi connectivity index (χ2n) is 8.91. The van der Waals surface area contributed by atoms with E-state index in [0.29, 0.717) is 11.5 Å². The van der Waals surface area contributed by atoms with Gasteiger partial charge in [0.1, 0.15) is 18.0 Å². The molecule has 0 saturated heterocycles. The van der Waals surface area contributed by atoms with Crippen LogP contribution >= 0.6 is 0 Å². The van der Waals surface area contributed by atoms with E-state index in [1.165, 1.54) is 18.3 Å². The van der Waals surface area contributed by atoms with Gasteiger partial charge in [0.25, 0.3) is 0 Å². The average molecular weight is 503 g/mol. The lowest BCUT2D eigenvalue weighted by molar-refractivity contribution is 0.626. The van der Waals surface area contributed by atoms with Crippen LogP contribution in [0.2, 0.25) is 0 Å². The molecule has 188 valence electrons. The molecule has 0 saturated carbocycles. The number of hydrogen-bond acceptors (Lipinski definition) is 6. The Morgan fingerprint density at radius 1 is 0.868 bits per heavy atom. The standard InChI is InChI=1S/C31H27FN6/c1-19(2)37-25-7-5-6-23(14-25)27-16-26(30(33-4)28-17-34-18-36-31(27)28)22-10-8-21(9-11-22)20(3)38-29-15-24(32)12-13-35-29/h5-18,33,37H,1,3H2,2,4H3,(H,35,38). The van der Waals surface area contributed by atoms with Gasteiger partial charge in [-0.3, -0.25) is 0 Å². The van der Waals surface area contributed by atoms with E-state index >= 15 is 0 Å². The van der Waals surface area contributed by atoms with Gasteiger partial charge in [0, 0.05) is 59.1 Å². The van der Waals surface area contributed by atoms with Crippen LogP contribution in [0.5, 0.6) is 0 Å². The first kappa shape index (κ1) is 24.6. The number of hydrogen-bond donors (Lipinski definition) is 3. The Labute approximate surface area is 221 Å². The molecule has 38 heavy (non-hydrogen) atoms. The number of nitrogens with one attached hydrogen (secondary N) is 3. The maximum Gasteiger partial charge on any atom is 0.133 e. The van der Waals surface area contributed by atoms with E-state index in [1.54, 1.807) is 6.33 Å². The van der Waals surface area contributed by atoms with Gasteiger partial charge in [-0.25, -0.2) is 19.3 Å². The summed E-state index contributed by atoms with van der Waals surface area (Å²) in [7, 11) is 1.90. The third-order valence-electron chi connectivity index (χ3n) is 6.12. The average Bonchev–Trinajstić information content (AvgIpc) is 2.92. The van der Waals surface area contributed by atoms with E-state index in [-0.39, 0.29) is 5.82 Å². The van der Waals surface area contributed by atoms with Crippen molar-refractivity contribution in [2.75, 3.05) is 23.0 Å². The molecule has 3 N–H and O–H groups in total. The van der Waals surface area contributed by atoms with Gasteiger partial charge in [0.05, 0.1) is 11.2 Å². The summed E-state index contributed by atoms with van der Waals surface area (Å²) in [5, 5.41) is 10.6. The summed E-state index contributed by atoms with van der Waals surface area (Å²) in [6.45, 7) is 9.98. The Balaban J connectivity index is 1.56. The molecular formula is C31H27FN6. The molecule has 0 amide bonds. The highest BCUT2D eigenvalue weighted by Gasteiger charge is 2.16. The molecule has 5 aromatic rings. The smallest absolute Gasteiger partial charge is 0.133 e. The first-order chi connectivity index (χ1) is 18.4. The zero-order valence-electron chi connectivity index (χ0n) is 21.2. The number of benzene rings is 3. The third-order valence-corrected chi connectivity index (χ3v) is 6.12. The van der Waals surface area contributed by atoms with Gasteiger partial charge in [0.15, 0.2) is 0 Å². The molecule has 5 rings (SSSR count). The SMILES string of the molecule is C=C(C)Nc1cccc(-c2cc(-c3ccc(C(=C)Nc4cc(F)ccn4)cc3)c(NC)c3cncnc23)c1. The van der Waals surface area contributed by atoms with Crippen LogP contribution in [-0.2, 0) is 0 Å². The van der Waals surface area contributed by atoms with Gasteiger partial charge < -0.3 is 16.0 Å². The number of halogens is 1. The van der Waals surface area contributed by atoms with Crippen LogP contribution < -0.4 is 16.0 Å². The Morgan fingerprint density at radius 3 is 2.42 bits per heavy atom. The molecule has 0 unspecified atom stereocenters. The summed E-state index contributed by atoms with van der Waals surface area (Å²) in [6, 6.07) is 21.0. The fourth-order valence-corrected chi connectivity index (χ4v) is 4.44. The van der Waals surface area contributed by atoms with E-state index < -0.39 is 0 Å². The highest BCUT2D eigenvalue weighted by Crippen LogP contribution is 2.40. The molecule has 3 aromatic carbocycles. The lowest BCUT2D eigenvalue weighted by Crippen LogP contribution is -2.00. The molecule has 2 heterocycles. The van der Waals surface area contributed by atoms with Gasteiger partial charge in [-0.15, -0.1) is 0 Å². The predicted octanol–water partition coefficient (Wildman–Crippen LogP) is 7.57. The monoisotopic (exact) mass is 502 g/mol. The fourth-order valence-electron chi connectivity index (χ4n) is 4.44. The van der Waals surface area contributed by atoms with Crippen LogP contribution in [0.4, 0.5) is 21.6 Å². The number of fused-ring (bicyclic) bond motifs is 1. The van der Waals surface area contributed by atoms with E-state index in [9.17, 15) is 4.39 Å². The normalized spacial score (nSPS) is 10.7. The molecule has 0 spiro atoms. The quantitative estimate of drug-likeness (QED) is 0.203. The number of pyridine rings is 1. The van der Waals surface area contributed by atoms with Gasteiger partial charge in [0.2, 0.25) is 0 Å². The zero-order chi connectivity index (χ0) is 26.6. The van der Waals surface area contributed by atoms with Gasteiger partial charge in [-0.05, 0) is 47.9 Å². The molecule has 0 fully saturated rings. The molecule has 0 aliphatic heterocycles. The minimum absolute atomic E-state index is 0.359.